The molecule has 0 amide bonds. The number of nitrogens with zero attached hydrogens (tertiary/aromatic N) is 1. The summed E-state index contributed by atoms with van der Waals surface area (Å²) in [4.78, 5) is 16.4. The molecular weight excluding hydrogens is 310 g/mol. The maximum Gasteiger partial charge on any atom is 0.226 e. The third-order valence-electron chi connectivity index (χ3n) is 8.98. The fourth-order valence-electron chi connectivity index (χ4n) is 7.64. The molecule has 3 saturated carbocycles. The summed E-state index contributed by atoms with van der Waals surface area (Å²) in [6.07, 6.45) is 8.44. The number of fused-ring (bicyclic) bond motifs is 5. The molecule has 4 unspecified atom stereocenters. The van der Waals surface area contributed by atoms with E-state index in [0.717, 1.165) is 32.1 Å². The second-order valence-corrected chi connectivity index (χ2v) is 10.2. The molecule has 0 saturated heterocycles. The lowest BCUT2D eigenvalue weighted by molar-refractivity contribution is -0.144. The highest BCUT2D eigenvalue weighted by Gasteiger charge is 2.62. The van der Waals surface area contributed by atoms with Crippen LogP contribution in [0.15, 0.2) is 11.8 Å². The Balaban J connectivity index is 1.77. The molecule has 136 valence electrons. The van der Waals surface area contributed by atoms with Gasteiger partial charge < -0.3 is 9.90 Å². The van der Waals surface area contributed by atoms with Crippen molar-refractivity contribution >= 4 is 5.78 Å². The van der Waals surface area contributed by atoms with E-state index in [1.165, 1.54) is 6.42 Å². The molecule has 0 aromatic rings. The van der Waals surface area contributed by atoms with Crippen LogP contribution in [0.4, 0.5) is 0 Å². The van der Waals surface area contributed by atoms with Crippen molar-refractivity contribution in [3.63, 3.8) is 0 Å². The molecule has 4 aliphatic rings. The first kappa shape index (κ1) is 17.3. The van der Waals surface area contributed by atoms with Gasteiger partial charge in [-0.05, 0) is 73.0 Å². The van der Waals surface area contributed by atoms with Gasteiger partial charge in [-0.1, -0.05) is 33.8 Å². The van der Waals surface area contributed by atoms with Crippen LogP contribution in [0.25, 0.3) is 4.85 Å². The van der Waals surface area contributed by atoms with Gasteiger partial charge >= 0.3 is 0 Å². The summed E-state index contributed by atoms with van der Waals surface area (Å²) in [6.45, 7) is 16.2. The predicted octanol–water partition coefficient (Wildman–Crippen LogP) is 4.62. The lowest BCUT2D eigenvalue weighted by Gasteiger charge is -2.61. The van der Waals surface area contributed by atoms with Crippen LogP contribution in [0.1, 0.15) is 66.2 Å². The number of carbonyl (C=O) groups excluding carboxylic acids is 1. The van der Waals surface area contributed by atoms with Crippen LogP contribution in [-0.2, 0) is 4.79 Å². The molecule has 0 heterocycles. The van der Waals surface area contributed by atoms with Crippen LogP contribution in [0, 0.1) is 46.5 Å². The largest absolute Gasteiger partial charge is 0.393 e. The van der Waals surface area contributed by atoms with Crippen LogP contribution in [-0.4, -0.2) is 17.0 Å². The van der Waals surface area contributed by atoms with Crippen molar-refractivity contribution in [3.05, 3.63) is 23.2 Å². The monoisotopic (exact) mass is 341 g/mol. The molecular formula is C22H31NO2. The van der Waals surface area contributed by atoms with Crippen LogP contribution in [0.2, 0.25) is 0 Å². The van der Waals surface area contributed by atoms with Gasteiger partial charge in [0.25, 0.3) is 0 Å². The molecule has 0 aliphatic heterocycles. The van der Waals surface area contributed by atoms with Crippen molar-refractivity contribution in [2.75, 3.05) is 0 Å². The van der Waals surface area contributed by atoms with E-state index >= 15 is 0 Å². The van der Waals surface area contributed by atoms with Gasteiger partial charge in [0, 0.05) is 5.41 Å². The summed E-state index contributed by atoms with van der Waals surface area (Å²) in [5.74, 6) is 2.14. The van der Waals surface area contributed by atoms with E-state index in [1.807, 2.05) is 0 Å². The van der Waals surface area contributed by atoms with E-state index in [-0.39, 0.29) is 22.7 Å². The second kappa shape index (κ2) is 5.19. The smallest absolute Gasteiger partial charge is 0.226 e. The fourth-order valence-corrected chi connectivity index (χ4v) is 7.64. The fraction of sp³-hybridized carbons (Fsp3) is 0.818. The number of rotatable bonds is 0. The highest BCUT2D eigenvalue weighted by atomic mass is 16.3. The first-order valence-electron chi connectivity index (χ1n) is 9.99. The maximum atomic E-state index is 12.8. The summed E-state index contributed by atoms with van der Waals surface area (Å²) < 4.78 is 0. The first-order chi connectivity index (χ1) is 11.7. The van der Waals surface area contributed by atoms with Gasteiger partial charge in [0.05, 0.1) is 12.7 Å². The Bertz CT molecular complexity index is 687. The molecule has 25 heavy (non-hydrogen) atoms. The Hall–Kier alpha value is -1.14. The number of allylic oxidation sites excluding steroid dienone is 2. The van der Waals surface area contributed by atoms with Crippen molar-refractivity contribution in [3.8, 4) is 0 Å². The molecule has 0 aromatic carbocycles. The van der Waals surface area contributed by atoms with E-state index in [1.54, 1.807) is 0 Å². The van der Waals surface area contributed by atoms with E-state index in [4.69, 9.17) is 6.57 Å². The minimum Gasteiger partial charge on any atom is -0.393 e. The zero-order valence-electron chi connectivity index (χ0n) is 16.0. The van der Waals surface area contributed by atoms with Crippen LogP contribution in [0.5, 0.6) is 0 Å². The number of carbonyl (C=O) groups is 1. The number of Topliss-reactive ketones (excluding diaryl/α,β-unsaturated/α-hetero) is 1. The van der Waals surface area contributed by atoms with Crippen molar-refractivity contribution < 1.29 is 9.90 Å². The lowest BCUT2D eigenvalue weighted by Crippen LogP contribution is -2.57. The molecule has 0 bridgehead atoms. The average molecular weight is 341 g/mol. The molecule has 4 aliphatic carbocycles. The molecule has 0 radical (unpaired) electrons. The summed E-state index contributed by atoms with van der Waals surface area (Å²) in [7, 11) is 0. The number of aliphatic hydroxyl groups excluding tert-OH is 1. The molecule has 7 atom stereocenters. The summed E-state index contributed by atoms with van der Waals surface area (Å²) in [5.41, 5.74) is -0.0556. The van der Waals surface area contributed by atoms with Gasteiger partial charge in [-0.25, -0.2) is 4.85 Å². The van der Waals surface area contributed by atoms with Crippen molar-refractivity contribution in [2.24, 2.45) is 39.9 Å². The zero-order chi connectivity index (χ0) is 18.2. The molecule has 1 N–H and O–H groups in total. The Morgan fingerprint density at radius 1 is 1.08 bits per heavy atom. The van der Waals surface area contributed by atoms with E-state index in [9.17, 15) is 9.90 Å². The molecule has 4 rings (SSSR count). The first-order valence-corrected chi connectivity index (χ1v) is 9.99. The number of hydrogen-bond acceptors (Lipinski definition) is 2. The van der Waals surface area contributed by atoms with Crippen LogP contribution >= 0.6 is 0 Å². The van der Waals surface area contributed by atoms with Crippen LogP contribution < -0.4 is 0 Å². The van der Waals surface area contributed by atoms with E-state index < -0.39 is 5.41 Å². The van der Waals surface area contributed by atoms with Gasteiger partial charge in [-0.2, -0.15) is 0 Å². The van der Waals surface area contributed by atoms with Crippen molar-refractivity contribution in [1.82, 2.24) is 0 Å². The van der Waals surface area contributed by atoms with E-state index in [0.29, 0.717) is 29.4 Å². The summed E-state index contributed by atoms with van der Waals surface area (Å²) >= 11 is 0. The molecule has 3 fully saturated rings. The van der Waals surface area contributed by atoms with E-state index in [2.05, 4.69) is 38.6 Å². The molecule has 0 aromatic heterocycles. The maximum absolute atomic E-state index is 12.8. The Morgan fingerprint density at radius 3 is 2.48 bits per heavy atom. The van der Waals surface area contributed by atoms with Gasteiger partial charge in [0.15, 0.2) is 5.78 Å². The minimum absolute atomic E-state index is 0.0420. The SMILES string of the molecule is [C-]#[N+]C1=C[C@]2(C)C3CC[C@@]4(C)C(CC[C@@H]4O)C3CCC2C(C)(C)C1=O. The van der Waals surface area contributed by atoms with Gasteiger partial charge in [0.1, 0.15) is 0 Å². The Morgan fingerprint density at radius 2 is 1.80 bits per heavy atom. The number of hydrogen-bond donors (Lipinski definition) is 1. The lowest BCUT2D eigenvalue weighted by atomic mass is 9.43. The Labute approximate surface area is 151 Å². The standard InChI is InChI=1S/C22H31NO2/c1-20(2)17-8-6-13-14-7-9-18(24)21(14,3)11-10-15(13)22(17,4)12-16(23-5)19(20)25/h12-15,17-18,24H,6-11H2,1-4H3/t13?,14?,15?,17?,18-,21-,22+/m0/s1. The van der Waals surface area contributed by atoms with Gasteiger partial charge in [-0.3, -0.25) is 0 Å². The highest BCUT2D eigenvalue weighted by Crippen LogP contribution is 2.67. The summed E-state index contributed by atoms with van der Waals surface area (Å²) in [6, 6.07) is 0. The predicted molar refractivity (Wildman–Crippen MR) is 97.4 cm³/mol. The minimum atomic E-state index is -0.440. The topological polar surface area (TPSA) is 41.7 Å². The van der Waals surface area contributed by atoms with Gasteiger partial charge in [0.2, 0.25) is 5.70 Å². The second-order valence-electron chi connectivity index (χ2n) is 10.2. The van der Waals surface area contributed by atoms with Crippen LogP contribution in [0.3, 0.4) is 0 Å². The van der Waals surface area contributed by atoms with Crippen molar-refractivity contribution in [1.29, 1.82) is 0 Å². The molecule has 3 heteroatoms. The average Bonchev–Trinajstić information content (AvgIpc) is 2.86. The Kier molecular flexibility index (Phi) is 3.59. The number of aliphatic hydroxyl groups is 1. The summed E-state index contributed by atoms with van der Waals surface area (Å²) in [5, 5.41) is 10.6. The molecule has 0 spiro atoms. The highest BCUT2D eigenvalue weighted by molar-refractivity contribution is 6.02. The number of ketones is 1. The molecule has 3 nitrogen and oxygen atoms in total. The third kappa shape index (κ3) is 2.04. The van der Waals surface area contributed by atoms with Gasteiger partial charge in [-0.15, -0.1) is 0 Å². The van der Waals surface area contributed by atoms with Crippen molar-refractivity contribution in [2.45, 2.75) is 72.3 Å². The quantitative estimate of drug-likeness (QED) is 0.653. The zero-order valence-corrected chi connectivity index (χ0v) is 16.0. The normalized spacial score (nSPS) is 51.0. The third-order valence-corrected chi connectivity index (χ3v) is 8.98.